The van der Waals surface area contributed by atoms with Crippen molar-refractivity contribution >= 4 is 52.7 Å². The molecular formula is C41H41N3O15S. The van der Waals surface area contributed by atoms with E-state index in [1.807, 2.05) is 6.92 Å². The fourth-order valence-electron chi connectivity index (χ4n) is 9.51. The minimum Gasteiger partial charge on any atom is -0.507 e. The number of aromatic hydroxyl groups is 2. The van der Waals surface area contributed by atoms with E-state index in [-0.39, 0.29) is 72.3 Å². The van der Waals surface area contributed by atoms with E-state index in [0.717, 1.165) is 33.7 Å². The topological polar surface area (TPSA) is 236 Å². The predicted molar refractivity (Wildman–Crippen MR) is 204 cm³/mol. The van der Waals surface area contributed by atoms with E-state index in [1.54, 1.807) is 0 Å². The number of rotatable bonds is 10. The van der Waals surface area contributed by atoms with Crippen molar-refractivity contribution < 1.29 is 72.6 Å². The first-order chi connectivity index (χ1) is 28.7. The summed E-state index contributed by atoms with van der Waals surface area (Å²) in [6, 6.07) is 4.23. The number of carbonyl (C=O) groups excluding carboxylic acids is 7. The SMILES string of the molecule is COc1cccc2c1C(=O)c1c(O)c3c(c(O)c1C2=O)C[C@@](O)(C(=O)CSC1CC(=O)N(CCN2C(=O)C=CC2=O)C1=O)C[C@@H]3O[C@H]1C[C@H]2[C@H](O[C@@H]3COCCN32)[C@H](C)O1. The Morgan fingerprint density at radius 3 is 2.45 bits per heavy atom. The minimum absolute atomic E-state index is 0.0766. The van der Waals surface area contributed by atoms with Gasteiger partial charge >= 0.3 is 0 Å². The van der Waals surface area contributed by atoms with Crippen molar-refractivity contribution in [2.75, 3.05) is 45.7 Å². The number of hydrogen-bond donors (Lipinski definition) is 3. The molecule has 5 aliphatic heterocycles. The van der Waals surface area contributed by atoms with Crippen LogP contribution in [0, 0.1) is 0 Å². The molecule has 9 rings (SSSR count). The van der Waals surface area contributed by atoms with Gasteiger partial charge in [-0.15, -0.1) is 11.8 Å². The first-order valence-corrected chi connectivity index (χ1v) is 20.7. The molecule has 8 atom stereocenters. The summed E-state index contributed by atoms with van der Waals surface area (Å²) in [7, 11) is 1.33. The molecule has 1 unspecified atom stereocenters. The number of benzene rings is 2. The number of amides is 4. The molecule has 0 spiro atoms. The molecule has 0 radical (unpaired) electrons. The van der Waals surface area contributed by atoms with Crippen LogP contribution in [0.25, 0.3) is 0 Å². The second-order valence-electron chi connectivity index (χ2n) is 15.8. The summed E-state index contributed by atoms with van der Waals surface area (Å²) in [6.07, 6.45) is -2.32. The van der Waals surface area contributed by atoms with Gasteiger partial charge in [0.05, 0.1) is 60.2 Å². The van der Waals surface area contributed by atoms with Crippen molar-refractivity contribution in [1.82, 2.24) is 14.7 Å². The standard InChI is InChI=1S/C41H41N3O15S/c1-18-39-21(42-10-11-56-16-29(42)59-39)12-30(57-18)58-23-15-41(54,25(45)17-60-24-13-28(48)44(40(24)53)9-8-43-26(46)6-7-27(43)47)14-20-32(23)38(52)34-33(36(20)50)35(49)19-4-3-5-22(55-2)31(19)37(34)51/h3-7,18,21,23-24,29-30,39,50,52,54H,8-17H2,1-2H3/t18-,21-,23-,24?,29+,30-,39+,41-/m0/s1. The van der Waals surface area contributed by atoms with Crippen LogP contribution >= 0.6 is 11.8 Å². The summed E-state index contributed by atoms with van der Waals surface area (Å²) in [4.78, 5) is 96.5. The van der Waals surface area contributed by atoms with Gasteiger partial charge in [-0.25, -0.2) is 0 Å². The van der Waals surface area contributed by atoms with Crippen LogP contribution in [0.4, 0.5) is 0 Å². The number of nitrogens with zero attached hydrogens (tertiary/aromatic N) is 3. The maximum absolute atomic E-state index is 14.2. The molecule has 7 aliphatic rings. The van der Waals surface area contributed by atoms with Crippen LogP contribution in [0.2, 0.25) is 0 Å². The van der Waals surface area contributed by atoms with Gasteiger partial charge in [-0.1, -0.05) is 12.1 Å². The molecule has 19 heteroatoms. The lowest BCUT2D eigenvalue weighted by molar-refractivity contribution is -0.247. The quantitative estimate of drug-likeness (QED) is 0.186. The molecule has 316 valence electrons. The molecular weight excluding hydrogens is 807 g/mol. The summed E-state index contributed by atoms with van der Waals surface area (Å²) >= 11 is 0.826. The Hall–Kier alpha value is -5.02. The fourth-order valence-corrected chi connectivity index (χ4v) is 10.7. The number of morpholine rings is 1. The molecule has 5 heterocycles. The summed E-state index contributed by atoms with van der Waals surface area (Å²) in [6.45, 7) is 2.89. The lowest BCUT2D eigenvalue weighted by atomic mass is 9.72. The van der Waals surface area contributed by atoms with Gasteiger partial charge in [0.2, 0.25) is 17.6 Å². The molecule has 18 nitrogen and oxygen atoms in total. The normalized spacial score (nSPS) is 31.0. The minimum atomic E-state index is -2.31. The third-order valence-corrected chi connectivity index (χ3v) is 13.7. The summed E-state index contributed by atoms with van der Waals surface area (Å²) in [5, 5.41) is 35.2. The number of carbonyl (C=O) groups is 7. The smallest absolute Gasteiger partial charge is 0.253 e. The number of aliphatic hydroxyl groups is 1. The highest BCUT2D eigenvalue weighted by Crippen LogP contribution is 2.53. The number of ether oxygens (including phenoxy) is 5. The molecule has 2 aliphatic carbocycles. The zero-order valence-electron chi connectivity index (χ0n) is 32.5. The summed E-state index contributed by atoms with van der Waals surface area (Å²) in [5.74, 6) is -6.44. The van der Waals surface area contributed by atoms with Gasteiger partial charge in [0.15, 0.2) is 17.9 Å². The third kappa shape index (κ3) is 6.45. The number of likely N-dealkylation sites (tertiary alicyclic amines) is 1. The monoisotopic (exact) mass is 847 g/mol. The van der Waals surface area contributed by atoms with Crippen molar-refractivity contribution in [3.63, 3.8) is 0 Å². The predicted octanol–water partition coefficient (Wildman–Crippen LogP) is 0.532. The van der Waals surface area contributed by atoms with E-state index in [4.69, 9.17) is 23.7 Å². The van der Waals surface area contributed by atoms with Gasteiger partial charge < -0.3 is 39.0 Å². The Kier molecular flexibility index (Phi) is 10.2. The van der Waals surface area contributed by atoms with Crippen molar-refractivity contribution in [3.05, 3.63) is 63.7 Å². The van der Waals surface area contributed by atoms with E-state index in [9.17, 15) is 48.9 Å². The first kappa shape index (κ1) is 40.4. The Bertz CT molecular complexity index is 2280. The van der Waals surface area contributed by atoms with E-state index in [2.05, 4.69) is 4.90 Å². The van der Waals surface area contributed by atoms with E-state index in [1.165, 1.54) is 25.3 Å². The average Bonchev–Trinajstić information content (AvgIpc) is 3.86. The number of phenolic OH excluding ortho intramolecular Hbond substituents is 2. The highest BCUT2D eigenvalue weighted by molar-refractivity contribution is 8.01. The lowest BCUT2D eigenvalue weighted by Gasteiger charge is -2.43. The Labute approximate surface area is 346 Å². The van der Waals surface area contributed by atoms with Crippen LogP contribution in [0.3, 0.4) is 0 Å². The van der Waals surface area contributed by atoms with Crippen molar-refractivity contribution in [2.24, 2.45) is 0 Å². The first-order valence-electron chi connectivity index (χ1n) is 19.6. The van der Waals surface area contributed by atoms with Gasteiger partial charge in [0, 0.05) is 80.2 Å². The van der Waals surface area contributed by atoms with E-state index >= 15 is 0 Å². The summed E-state index contributed by atoms with van der Waals surface area (Å²) in [5.41, 5.74) is -3.75. The van der Waals surface area contributed by atoms with Crippen LogP contribution in [0.5, 0.6) is 17.2 Å². The fraction of sp³-hybridized carbons (Fsp3) is 0.488. The van der Waals surface area contributed by atoms with Gasteiger partial charge in [0.1, 0.15) is 35.2 Å². The van der Waals surface area contributed by atoms with Gasteiger partial charge in [-0.2, -0.15) is 0 Å². The van der Waals surface area contributed by atoms with E-state index < -0.39 is 112 Å². The van der Waals surface area contributed by atoms with Crippen LogP contribution in [-0.4, -0.2) is 158 Å². The number of phenols is 2. The molecule has 4 saturated heterocycles. The number of ketones is 3. The molecule has 4 fully saturated rings. The van der Waals surface area contributed by atoms with Crippen LogP contribution in [0.15, 0.2) is 30.4 Å². The molecule has 60 heavy (non-hydrogen) atoms. The van der Waals surface area contributed by atoms with Crippen LogP contribution < -0.4 is 4.74 Å². The molecule has 0 bridgehead atoms. The van der Waals surface area contributed by atoms with Gasteiger partial charge in [-0.05, 0) is 13.0 Å². The average molecular weight is 848 g/mol. The molecule has 2 aromatic carbocycles. The maximum Gasteiger partial charge on any atom is 0.253 e. The second-order valence-corrected chi connectivity index (χ2v) is 17.0. The van der Waals surface area contributed by atoms with Crippen LogP contribution in [-0.2, 0) is 49.3 Å². The highest BCUT2D eigenvalue weighted by Gasteiger charge is 2.54. The van der Waals surface area contributed by atoms with Gasteiger partial charge in [0.25, 0.3) is 11.8 Å². The summed E-state index contributed by atoms with van der Waals surface area (Å²) < 4.78 is 30.1. The molecule has 0 aromatic heterocycles. The Morgan fingerprint density at radius 2 is 1.70 bits per heavy atom. The Balaban J connectivity index is 1.01. The zero-order valence-corrected chi connectivity index (χ0v) is 33.3. The lowest BCUT2D eigenvalue weighted by Crippen LogP contribution is -2.53. The van der Waals surface area contributed by atoms with E-state index in [0.29, 0.717) is 19.8 Å². The number of hydrogen-bond acceptors (Lipinski definition) is 17. The number of methoxy groups -OCH3 is 1. The largest absolute Gasteiger partial charge is 0.507 e. The highest BCUT2D eigenvalue weighted by atomic mass is 32.2. The van der Waals surface area contributed by atoms with Crippen molar-refractivity contribution in [2.45, 2.75) is 80.3 Å². The zero-order chi connectivity index (χ0) is 42.4. The Morgan fingerprint density at radius 1 is 0.967 bits per heavy atom. The maximum atomic E-state index is 14.2. The second kappa shape index (κ2) is 15.2. The number of imide groups is 2. The number of Topliss-reactive ketones (excluding diaryl/α,β-unsaturated/α-hetero) is 1. The third-order valence-electron chi connectivity index (χ3n) is 12.5. The van der Waals surface area contributed by atoms with Crippen molar-refractivity contribution in [1.29, 1.82) is 0 Å². The molecule has 3 N–H and O–H groups in total. The number of fused-ring (bicyclic) bond motifs is 6. The number of thioether (sulfide) groups is 1. The molecule has 0 saturated carbocycles. The van der Waals surface area contributed by atoms with Gasteiger partial charge in [-0.3, -0.25) is 48.3 Å². The molecule has 4 amide bonds. The molecule has 2 aromatic rings. The van der Waals surface area contributed by atoms with Crippen molar-refractivity contribution in [3.8, 4) is 17.2 Å². The van der Waals surface area contributed by atoms with Crippen LogP contribution in [0.1, 0.15) is 75.3 Å².